The average molecular weight is 247 g/mol. The number of hydrogen-bond acceptors (Lipinski definition) is 3. The second-order valence-electron chi connectivity index (χ2n) is 5.80. The quantitative estimate of drug-likeness (QED) is 0.842. The molecule has 1 aromatic rings. The van der Waals surface area contributed by atoms with Gasteiger partial charge in [0.15, 0.2) is 0 Å². The van der Waals surface area contributed by atoms with Crippen molar-refractivity contribution in [2.24, 2.45) is 0 Å². The summed E-state index contributed by atoms with van der Waals surface area (Å²) in [6, 6.07) is 4.03. The molecule has 0 aliphatic heterocycles. The van der Waals surface area contributed by atoms with Gasteiger partial charge >= 0.3 is 0 Å². The fourth-order valence-electron chi connectivity index (χ4n) is 3.59. The summed E-state index contributed by atoms with van der Waals surface area (Å²) in [5.41, 5.74) is 1.35. The Balaban J connectivity index is 1.83. The minimum atomic E-state index is -0.887. The van der Waals surface area contributed by atoms with E-state index in [0.717, 1.165) is 44.2 Å². The van der Waals surface area contributed by atoms with Crippen molar-refractivity contribution in [2.75, 3.05) is 0 Å². The minimum Gasteiger partial charge on any atom is -0.389 e. The van der Waals surface area contributed by atoms with Crippen molar-refractivity contribution >= 4 is 0 Å². The molecule has 2 aliphatic rings. The Morgan fingerprint density at radius 2 is 2.06 bits per heavy atom. The van der Waals surface area contributed by atoms with E-state index in [1.807, 2.05) is 6.07 Å². The van der Waals surface area contributed by atoms with Crippen molar-refractivity contribution in [2.45, 2.75) is 62.6 Å². The largest absolute Gasteiger partial charge is 0.389 e. The molecule has 2 atom stereocenters. The van der Waals surface area contributed by atoms with Gasteiger partial charge in [-0.2, -0.15) is 0 Å². The van der Waals surface area contributed by atoms with Gasteiger partial charge in [-0.15, -0.1) is 0 Å². The summed E-state index contributed by atoms with van der Waals surface area (Å²) in [5, 5.41) is 21.2. The zero-order chi connectivity index (χ0) is 12.6. The maximum atomic E-state index is 10.6. The second kappa shape index (κ2) is 4.63. The number of hydrogen-bond donors (Lipinski definition) is 2. The molecule has 1 heterocycles. The number of nitrogens with zero attached hydrogens (tertiary/aromatic N) is 1. The number of aliphatic hydroxyl groups excluding tert-OH is 1. The number of pyridine rings is 1. The summed E-state index contributed by atoms with van der Waals surface area (Å²) in [6.07, 6.45) is 7.69. The summed E-state index contributed by atoms with van der Waals surface area (Å²) in [6.45, 7) is 0. The fraction of sp³-hybridized carbons (Fsp3) is 0.667. The number of rotatable bonds is 2. The van der Waals surface area contributed by atoms with Crippen LogP contribution in [0.3, 0.4) is 0 Å². The van der Waals surface area contributed by atoms with Crippen molar-refractivity contribution in [1.29, 1.82) is 0 Å². The molecule has 0 aromatic carbocycles. The van der Waals surface area contributed by atoms with Crippen LogP contribution in [0.4, 0.5) is 0 Å². The predicted octanol–water partition coefficient (Wildman–Crippen LogP) is 2.17. The first-order chi connectivity index (χ1) is 8.71. The zero-order valence-electron chi connectivity index (χ0n) is 10.7. The zero-order valence-corrected chi connectivity index (χ0v) is 10.7. The third-order valence-corrected chi connectivity index (χ3v) is 4.65. The van der Waals surface area contributed by atoms with E-state index >= 15 is 0 Å². The molecule has 1 aromatic heterocycles. The van der Waals surface area contributed by atoms with Gasteiger partial charge in [-0.1, -0.05) is 25.3 Å². The summed E-state index contributed by atoms with van der Waals surface area (Å²) in [7, 11) is 0. The average Bonchev–Trinajstić information content (AvgIpc) is 2.82. The Morgan fingerprint density at radius 3 is 2.83 bits per heavy atom. The Kier molecular flexibility index (Phi) is 3.12. The van der Waals surface area contributed by atoms with Gasteiger partial charge in [0.25, 0.3) is 0 Å². The molecule has 0 saturated heterocycles. The van der Waals surface area contributed by atoms with E-state index in [1.54, 1.807) is 6.20 Å². The van der Waals surface area contributed by atoms with Gasteiger partial charge in [0.2, 0.25) is 0 Å². The maximum Gasteiger partial charge on any atom is 0.0912 e. The van der Waals surface area contributed by atoms with Gasteiger partial charge in [0, 0.05) is 17.8 Å². The van der Waals surface area contributed by atoms with E-state index in [2.05, 4.69) is 11.1 Å². The molecule has 3 rings (SSSR count). The molecule has 0 bridgehead atoms. The molecule has 3 heteroatoms. The summed E-state index contributed by atoms with van der Waals surface area (Å²) in [4.78, 5) is 4.42. The Bertz CT molecular complexity index is 426. The predicted molar refractivity (Wildman–Crippen MR) is 69.3 cm³/mol. The van der Waals surface area contributed by atoms with Crippen molar-refractivity contribution in [3.05, 3.63) is 29.6 Å². The molecule has 98 valence electrons. The summed E-state index contributed by atoms with van der Waals surface area (Å²) >= 11 is 0. The number of aryl methyl sites for hydroxylation is 1. The van der Waals surface area contributed by atoms with Crippen molar-refractivity contribution in [3.8, 4) is 0 Å². The van der Waals surface area contributed by atoms with Crippen LogP contribution in [0.5, 0.6) is 0 Å². The molecule has 0 spiro atoms. The van der Waals surface area contributed by atoms with Crippen molar-refractivity contribution < 1.29 is 10.2 Å². The van der Waals surface area contributed by atoms with Crippen molar-refractivity contribution in [1.82, 2.24) is 4.98 Å². The molecule has 2 N–H and O–H groups in total. The third kappa shape index (κ3) is 1.95. The van der Waals surface area contributed by atoms with Gasteiger partial charge in [-0.3, -0.25) is 4.98 Å². The molecule has 1 saturated carbocycles. The Hall–Kier alpha value is -0.930. The van der Waals surface area contributed by atoms with Gasteiger partial charge in [0.1, 0.15) is 0 Å². The maximum absolute atomic E-state index is 10.6. The third-order valence-electron chi connectivity index (χ3n) is 4.65. The van der Waals surface area contributed by atoms with E-state index in [0.29, 0.717) is 0 Å². The van der Waals surface area contributed by atoms with Crippen LogP contribution in [0, 0.1) is 0 Å². The van der Waals surface area contributed by atoms with Crippen LogP contribution in [-0.4, -0.2) is 26.9 Å². The second-order valence-corrected chi connectivity index (χ2v) is 5.80. The lowest BCUT2D eigenvalue weighted by Gasteiger charge is -2.39. The van der Waals surface area contributed by atoms with Gasteiger partial charge in [-0.05, 0) is 37.3 Å². The van der Waals surface area contributed by atoms with E-state index in [-0.39, 0.29) is 5.92 Å². The summed E-state index contributed by atoms with van der Waals surface area (Å²) < 4.78 is 0. The van der Waals surface area contributed by atoms with Gasteiger partial charge in [-0.25, -0.2) is 0 Å². The first kappa shape index (κ1) is 12.1. The normalized spacial score (nSPS) is 27.8. The number of aliphatic hydroxyl groups is 2. The molecule has 3 nitrogen and oxygen atoms in total. The topological polar surface area (TPSA) is 53.4 Å². The molecular weight excluding hydrogens is 226 g/mol. The van der Waals surface area contributed by atoms with Crippen LogP contribution in [0.2, 0.25) is 0 Å². The van der Waals surface area contributed by atoms with Crippen LogP contribution in [0.15, 0.2) is 18.3 Å². The number of fused-ring (bicyclic) bond motifs is 1. The Morgan fingerprint density at radius 1 is 1.28 bits per heavy atom. The van der Waals surface area contributed by atoms with Crippen LogP contribution < -0.4 is 0 Å². The first-order valence-electron chi connectivity index (χ1n) is 7.05. The van der Waals surface area contributed by atoms with Crippen LogP contribution in [0.25, 0.3) is 0 Å². The standard InChI is InChI=1S/C15H21NO2/c17-14(15(18)8-2-1-3-9-15)12-7-6-11-5-4-10-16-13(11)12/h4-5,10,12,14,17-18H,1-3,6-9H2. The van der Waals surface area contributed by atoms with E-state index < -0.39 is 11.7 Å². The molecular formula is C15H21NO2. The molecule has 18 heavy (non-hydrogen) atoms. The van der Waals surface area contributed by atoms with E-state index in [1.165, 1.54) is 12.0 Å². The summed E-state index contributed by atoms with van der Waals surface area (Å²) in [5.74, 6) is 0.0179. The van der Waals surface area contributed by atoms with Gasteiger partial charge < -0.3 is 10.2 Å². The molecule has 2 unspecified atom stereocenters. The smallest absolute Gasteiger partial charge is 0.0912 e. The Labute approximate surface area is 108 Å². The van der Waals surface area contributed by atoms with E-state index in [9.17, 15) is 10.2 Å². The lowest BCUT2D eigenvalue weighted by atomic mass is 9.75. The van der Waals surface area contributed by atoms with Gasteiger partial charge in [0.05, 0.1) is 11.7 Å². The van der Waals surface area contributed by atoms with Crippen molar-refractivity contribution in [3.63, 3.8) is 0 Å². The highest BCUT2D eigenvalue weighted by molar-refractivity contribution is 5.30. The first-order valence-corrected chi connectivity index (χ1v) is 7.05. The molecule has 2 aliphatic carbocycles. The molecule has 1 fully saturated rings. The molecule has 0 amide bonds. The number of aromatic nitrogens is 1. The highest BCUT2D eigenvalue weighted by Gasteiger charge is 2.43. The monoisotopic (exact) mass is 247 g/mol. The lowest BCUT2D eigenvalue weighted by Crippen LogP contribution is -2.46. The molecule has 0 radical (unpaired) electrons. The highest BCUT2D eigenvalue weighted by atomic mass is 16.3. The fourth-order valence-corrected chi connectivity index (χ4v) is 3.59. The van der Waals surface area contributed by atoms with Crippen LogP contribution in [-0.2, 0) is 6.42 Å². The SMILES string of the molecule is OC(C1CCc2cccnc21)C1(O)CCCCC1. The van der Waals surface area contributed by atoms with E-state index in [4.69, 9.17) is 0 Å². The minimum absolute atomic E-state index is 0.0179. The highest BCUT2D eigenvalue weighted by Crippen LogP contribution is 2.42. The lowest BCUT2D eigenvalue weighted by molar-refractivity contribution is -0.107. The van der Waals surface area contributed by atoms with Crippen LogP contribution in [0.1, 0.15) is 55.7 Å². The van der Waals surface area contributed by atoms with Crippen LogP contribution >= 0.6 is 0 Å².